The Kier molecular flexibility index (Phi) is 8.63. The fourth-order valence-electron chi connectivity index (χ4n) is 5.16. The number of tetrazole rings is 1. The number of morpholine rings is 1. The van der Waals surface area contributed by atoms with Gasteiger partial charge in [0, 0.05) is 48.8 Å². The number of ketones is 1. The van der Waals surface area contributed by atoms with Gasteiger partial charge in [-0.25, -0.2) is 4.79 Å². The molecule has 0 N–H and O–H groups in total. The monoisotopic (exact) mass is 564 g/mol. The molecule has 2 aromatic carbocycles. The summed E-state index contributed by atoms with van der Waals surface area (Å²) in [5, 5.41) is 11.8. The molecule has 0 aliphatic carbocycles. The zero-order valence-corrected chi connectivity index (χ0v) is 22.7. The number of nitrogens with zero attached hydrogens (tertiary/aromatic N) is 6. The third-order valence-electron chi connectivity index (χ3n) is 7.24. The molecule has 5 rings (SSSR count). The summed E-state index contributed by atoms with van der Waals surface area (Å²) in [5.41, 5.74) is 2.50. The van der Waals surface area contributed by atoms with Gasteiger partial charge in [-0.05, 0) is 58.8 Å². The van der Waals surface area contributed by atoms with Crippen molar-refractivity contribution in [3.63, 3.8) is 0 Å². The molecule has 2 aliphatic rings. The first-order valence-corrected chi connectivity index (χ1v) is 13.3. The largest absolute Gasteiger partial charge is 0.465 e. The van der Waals surface area contributed by atoms with Crippen LogP contribution in [0.4, 0.5) is 0 Å². The topological polar surface area (TPSA) is 120 Å². The van der Waals surface area contributed by atoms with Gasteiger partial charge in [0.25, 0.3) is 0 Å². The summed E-state index contributed by atoms with van der Waals surface area (Å²) in [6.45, 7) is 3.22. The van der Waals surface area contributed by atoms with Crippen molar-refractivity contribution in [1.29, 1.82) is 0 Å². The Balaban J connectivity index is 1.36. The van der Waals surface area contributed by atoms with Crippen molar-refractivity contribution in [2.75, 3.05) is 40.0 Å². The molecule has 2 aliphatic heterocycles. The number of likely N-dealkylation sites (tertiary alicyclic amines) is 1. The van der Waals surface area contributed by atoms with E-state index < -0.39 is 12.0 Å². The van der Waals surface area contributed by atoms with Crippen LogP contribution in [0.15, 0.2) is 54.9 Å². The first kappa shape index (κ1) is 27.6. The molecule has 1 amide bonds. The Bertz CT molecular complexity index is 1390. The molecule has 0 bridgehead atoms. The molecule has 208 valence electrons. The van der Waals surface area contributed by atoms with Crippen molar-refractivity contribution in [2.24, 2.45) is 0 Å². The number of hydrogen-bond donors (Lipinski definition) is 0. The van der Waals surface area contributed by atoms with E-state index in [1.807, 2.05) is 0 Å². The standard InChI is InChI=1S/C28H29ClN6O5/c1-39-28(38)20-4-2-19(3-5-20)14-26(36)25-16-23(33-10-12-40-13-11-33)17-34(25)27(37)9-6-21-15-22(29)7-8-24(21)35-18-30-31-32-35/h2-9,15,18,23,25H,10-14,16-17H2,1H3/b9-6+/t23-,25-/m0/s1. The van der Waals surface area contributed by atoms with Gasteiger partial charge in [-0.3, -0.25) is 14.5 Å². The van der Waals surface area contributed by atoms with Crippen molar-refractivity contribution in [2.45, 2.75) is 24.9 Å². The number of amides is 1. The molecule has 3 aromatic rings. The van der Waals surface area contributed by atoms with E-state index in [-0.39, 0.29) is 24.2 Å². The minimum absolute atomic E-state index is 0.0551. The molecule has 0 radical (unpaired) electrons. The first-order valence-electron chi connectivity index (χ1n) is 13.0. The number of ether oxygens (including phenoxy) is 2. The van der Waals surface area contributed by atoms with Gasteiger partial charge in [-0.2, -0.15) is 4.68 Å². The zero-order chi connectivity index (χ0) is 28.1. The van der Waals surface area contributed by atoms with Crippen molar-refractivity contribution >= 4 is 35.3 Å². The van der Waals surface area contributed by atoms with Gasteiger partial charge in [0.1, 0.15) is 6.33 Å². The van der Waals surface area contributed by atoms with Gasteiger partial charge < -0.3 is 14.4 Å². The second-order valence-corrected chi connectivity index (χ2v) is 10.1. The Morgan fingerprint density at radius 2 is 1.90 bits per heavy atom. The summed E-state index contributed by atoms with van der Waals surface area (Å²) in [7, 11) is 1.32. The van der Waals surface area contributed by atoms with Crippen molar-refractivity contribution in [3.05, 3.63) is 76.6 Å². The highest BCUT2D eigenvalue weighted by Gasteiger charge is 2.41. The Morgan fingerprint density at radius 3 is 2.60 bits per heavy atom. The summed E-state index contributed by atoms with van der Waals surface area (Å²) in [6.07, 6.45) is 5.29. The number of aromatic nitrogens is 4. The van der Waals surface area contributed by atoms with Crippen LogP contribution < -0.4 is 0 Å². The van der Waals surface area contributed by atoms with Crippen LogP contribution >= 0.6 is 11.6 Å². The average molecular weight is 565 g/mol. The highest BCUT2D eigenvalue weighted by atomic mass is 35.5. The summed E-state index contributed by atoms with van der Waals surface area (Å²) in [4.78, 5) is 42.8. The number of hydrogen-bond acceptors (Lipinski definition) is 9. The van der Waals surface area contributed by atoms with E-state index in [9.17, 15) is 14.4 Å². The van der Waals surface area contributed by atoms with Crippen molar-refractivity contribution in [1.82, 2.24) is 30.0 Å². The van der Waals surface area contributed by atoms with Crippen LogP contribution in [0, 0.1) is 0 Å². The lowest BCUT2D eigenvalue weighted by Crippen LogP contribution is -2.45. The molecule has 1 aromatic heterocycles. The van der Waals surface area contributed by atoms with Crippen molar-refractivity contribution < 1.29 is 23.9 Å². The second-order valence-electron chi connectivity index (χ2n) is 9.67. The van der Waals surface area contributed by atoms with Gasteiger partial charge in [0.15, 0.2) is 5.78 Å². The van der Waals surface area contributed by atoms with E-state index >= 15 is 0 Å². The third-order valence-corrected chi connectivity index (χ3v) is 7.48. The minimum Gasteiger partial charge on any atom is -0.465 e. The minimum atomic E-state index is -0.580. The number of Topliss-reactive ketones (excluding diaryl/α,β-unsaturated/α-hetero) is 1. The number of rotatable bonds is 8. The third kappa shape index (κ3) is 6.27. The summed E-state index contributed by atoms with van der Waals surface area (Å²) >= 11 is 6.23. The van der Waals surface area contributed by atoms with Gasteiger partial charge >= 0.3 is 5.97 Å². The molecule has 40 heavy (non-hydrogen) atoms. The van der Waals surface area contributed by atoms with Crippen LogP contribution in [0.1, 0.15) is 27.9 Å². The second kappa shape index (κ2) is 12.5. The van der Waals surface area contributed by atoms with Crippen LogP contribution in [0.3, 0.4) is 0 Å². The summed E-state index contributed by atoms with van der Waals surface area (Å²) < 4.78 is 11.7. The molecule has 12 heteroatoms. The molecule has 2 saturated heterocycles. The smallest absolute Gasteiger partial charge is 0.337 e. The lowest BCUT2D eigenvalue weighted by Gasteiger charge is -2.31. The predicted octanol–water partition coefficient (Wildman–Crippen LogP) is 2.23. The Morgan fingerprint density at radius 1 is 1.12 bits per heavy atom. The molecule has 0 saturated carbocycles. The molecule has 3 heterocycles. The molecular formula is C28H29ClN6O5. The SMILES string of the molecule is COC(=O)c1ccc(CC(=O)[C@@H]2C[C@H](N3CCOCC3)CN2C(=O)/C=C/c2cc(Cl)ccc2-n2cnnn2)cc1. The zero-order valence-electron chi connectivity index (χ0n) is 22.0. The van der Waals surface area contributed by atoms with Crippen LogP contribution in [0.5, 0.6) is 0 Å². The maximum Gasteiger partial charge on any atom is 0.337 e. The average Bonchev–Trinajstić information content (AvgIpc) is 3.68. The lowest BCUT2D eigenvalue weighted by atomic mass is 9.99. The van der Waals surface area contributed by atoms with E-state index in [1.54, 1.807) is 53.4 Å². The van der Waals surface area contributed by atoms with E-state index in [4.69, 9.17) is 21.1 Å². The highest BCUT2D eigenvalue weighted by molar-refractivity contribution is 6.30. The Hall–Kier alpha value is -3.93. The van der Waals surface area contributed by atoms with E-state index in [0.29, 0.717) is 48.0 Å². The van der Waals surface area contributed by atoms with Gasteiger partial charge in [-0.15, -0.1) is 5.10 Å². The number of carbonyl (C=O) groups excluding carboxylic acids is 3. The number of carbonyl (C=O) groups is 3. The van der Waals surface area contributed by atoms with E-state index in [0.717, 1.165) is 18.7 Å². The number of methoxy groups -OCH3 is 1. The van der Waals surface area contributed by atoms with Crippen LogP contribution in [-0.4, -0.2) is 99.7 Å². The molecule has 2 atom stereocenters. The fraction of sp³-hybridized carbons (Fsp3) is 0.357. The maximum absolute atomic E-state index is 13.6. The summed E-state index contributed by atoms with van der Waals surface area (Å²) in [6, 6.07) is 11.4. The molecule has 11 nitrogen and oxygen atoms in total. The lowest BCUT2D eigenvalue weighted by molar-refractivity contribution is -0.133. The molecule has 0 unspecified atom stereocenters. The highest BCUT2D eigenvalue weighted by Crippen LogP contribution is 2.26. The molecule has 2 fully saturated rings. The van der Waals surface area contributed by atoms with Gasteiger partial charge in [-0.1, -0.05) is 23.7 Å². The van der Waals surface area contributed by atoms with Crippen LogP contribution in [-0.2, 0) is 25.5 Å². The molecule has 0 spiro atoms. The maximum atomic E-state index is 13.6. The number of esters is 1. The number of benzene rings is 2. The Labute approximate surface area is 236 Å². The van der Waals surface area contributed by atoms with Crippen molar-refractivity contribution in [3.8, 4) is 5.69 Å². The predicted molar refractivity (Wildman–Crippen MR) is 146 cm³/mol. The van der Waals surface area contributed by atoms with E-state index in [2.05, 4.69) is 20.4 Å². The van der Waals surface area contributed by atoms with Crippen LogP contribution in [0.2, 0.25) is 5.02 Å². The van der Waals surface area contributed by atoms with E-state index in [1.165, 1.54) is 24.2 Å². The fourth-order valence-corrected chi connectivity index (χ4v) is 5.34. The van der Waals surface area contributed by atoms with Gasteiger partial charge in [0.2, 0.25) is 5.91 Å². The normalized spacial score (nSPS) is 19.7. The molecular weight excluding hydrogens is 536 g/mol. The number of halogens is 1. The van der Waals surface area contributed by atoms with Gasteiger partial charge in [0.05, 0.1) is 37.6 Å². The first-order chi connectivity index (χ1) is 19.4. The quantitative estimate of drug-likeness (QED) is 0.299. The van der Waals surface area contributed by atoms with Crippen LogP contribution in [0.25, 0.3) is 11.8 Å². The summed E-state index contributed by atoms with van der Waals surface area (Å²) in [5.74, 6) is -0.758.